The van der Waals surface area contributed by atoms with E-state index in [-0.39, 0.29) is 5.91 Å². The molecule has 0 saturated heterocycles. The van der Waals surface area contributed by atoms with Crippen LogP contribution in [-0.4, -0.2) is 20.9 Å². The molecule has 0 spiro atoms. The number of fused-ring (bicyclic) bond motifs is 1. The van der Waals surface area contributed by atoms with Crippen molar-refractivity contribution in [3.8, 4) is 11.4 Å². The van der Waals surface area contributed by atoms with Crippen molar-refractivity contribution >= 4 is 34.2 Å². The number of para-hydroxylation sites is 1. The van der Waals surface area contributed by atoms with E-state index in [1.807, 2.05) is 24.3 Å². The second-order valence-corrected chi connectivity index (χ2v) is 5.92. The average molecular weight is 349 g/mol. The maximum atomic E-state index is 12.7. The number of pyridine rings is 1. The van der Waals surface area contributed by atoms with E-state index in [0.29, 0.717) is 27.6 Å². The second kappa shape index (κ2) is 6.37. The number of benzene rings is 2. The van der Waals surface area contributed by atoms with E-state index in [1.165, 1.54) is 0 Å². The van der Waals surface area contributed by atoms with Crippen molar-refractivity contribution in [1.29, 1.82) is 0 Å². The summed E-state index contributed by atoms with van der Waals surface area (Å²) in [5.74, 6) is 0.477. The Morgan fingerprint density at radius 1 is 1.00 bits per heavy atom. The molecule has 25 heavy (non-hydrogen) atoms. The van der Waals surface area contributed by atoms with E-state index in [1.54, 1.807) is 42.7 Å². The molecule has 0 atom stereocenters. The second-order valence-electron chi connectivity index (χ2n) is 5.48. The Morgan fingerprint density at radius 2 is 1.76 bits per heavy atom. The summed E-state index contributed by atoms with van der Waals surface area (Å²) >= 11 is 5.87. The average Bonchev–Trinajstić information content (AvgIpc) is 3.08. The predicted octanol–water partition coefficient (Wildman–Crippen LogP) is 4.53. The lowest BCUT2D eigenvalue weighted by atomic mass is 10.1. The minimum absolute atomic E-state index is 0.222. The van der Waals surface area contributed by atoms with E-state index < -0.39 is 0 Å². The molecule has 0 aliphatic heterocycles. The first-order chi connectivity index (χ1) is 12.2. The molecule has 6 heteroatoms. The smallest absolute Gasteiger partial charge is 0.257 e. The minimum atomic E-state index is -0.222. The molecular weight excluding hydrogens is 336 g/mol. The number of rotatable bonds is 3. The Labute approximate surface area is 148 Å². The number of aromatic nitrogens is 3. The molecule has 4 aromatic rings. The standard InChI is InChI=1S/C19H13ClN4O/c20-13-4-6-14(7-5-13)22-19(25)15-2-1-3-16-17(15)24-18(23-16)12-8-10-21-11-9-12/h1-11H,(H,22,25)(H,23,24). The van der Waals surface area contributed by atoms with Crippen LogP contribution in [-0.2, 0) is 0 Å². The van der Waals surface area contributed by atoms with Gasteiger partial charge in [-0.3, -0.25) is 9.78 Å². The van der Waals surface area contributed by atoms with Crippen molar-refractivity contribution in [2.45, 2.75) is 0 Å². The molecule has 0 unspecified atom stereocenters. The maximum absolute atomic E-state index is 12.7. The summed E-state index contributed by atoms with van der Waals surface area (Å²) in [6.07, 6.45) is 3.41. The van der Waals surface area contributed by atoms with Crippen molar-refractivity contribution in [3.63, 3.8) is 0 Å². The lowest BCUT2D eigenvalue weighted by Gasteiger charge is -2.05. The van der Waals surface area contributed by atoms with Crippen LogP contribution in [0.2, 0.25) is 5.02 Å². The van der Waals surface area contributed by atoms with Crippen LogP contribution in [0.5, 0.6) is 0 Å². The first-order valence-corrected chi connectivity index (χ1v) is 8.04. The van der Waals surface area contributed by atoms with Crippen molar-refractivity contribution < 1.29 is 4.79 Å². The molecule has 4 rings (SSSR count). The number of nitrogens with zero attached hydrogens (tertiary/aromatic N) is 2. The lowest BCUT2D eigenvalue weighted by molar-refractivity contribution is 0.102. The number of amides is 1. The number of imidazole rings is 1. The van der Waals surface area contributed by atoms with E-state index >= 15 is 0 Å². The molecule has 2 aromatic heterocycles. The Kier molecular flexibility index (Phi) is 3.91. The van der Waals surface area contributed by atoms with Gasteiger partial charge in [-0.15, -0.1) is 0 Å². The number of hydrogen-bond donors (Lipinski definition) is 2. The summed E-state index contributed by atoms with van der Waals surface area (Å²) in [4.78, 5) is 24.5. The molecule has 0 aliphatic carbocycles. The van der Waals surface area contributed by atoms with Crippen LogP contribution in [0.1, 0.15) is 10.4 Å². The zero-order chi connectivity index (χ0) is 17.2. The topological polar surface area (TPSA) is 70.7 Å². The highest BCUT2D eigenvalue weighted by Crippen LogP contribution is 2.23. The van der Waals surface area contributed by atoms with Crippen LogP contribution < -0.4 is 5.32 Å². The van der Waals surface area contributed by atoms with E-state index in [0.717, 1.165) is 11.1 Å². The first kappa shape index (κ1) is 15.4. The molecule has 122 valence electrons. The van der Waals surface area contributed by atoms with Crippen LogP contribution in [0.25, 0.3) is 22.4 Å². The monoisotopic (exact) mass is 348 g/mol. The van der Waals surface area contributed by atoms with Gasteiger partial charge in [0.1, 0.15) is 11.3 Å². The van der Waals surface area contributed by atoms with Gasteiger partial charge in [-0.05, 0) is 48.5 Å². The SMILES string of the molecule is O=C(Nc1ccc(Cl)cc1)c1cccc2[nH]c(-c3ccncc3)nc12. The third-order valence-electron chi connectivity index (χ3n) is 3.81. The number of aromatic amines is 1. The van der Waals surface area contributed by atoms with Gasteiger partial charge >= 0.3 is 0 Å². The van der Waals surface area contributed by atoms with Crippen LogP contribution in [0.3, 0.4) is 0 Å². The zero-order valence-corrected chi connectivity index (χ0v) is 13.8. The van der Waals surface area contributed by atoms with Gasteiger partial charge in [-0.25, -0.2) is 4.98 Å². The number of hydrogen-bond acceptors (Lipinski definition) is 3. The first-order valence-electron chi connectivity index (χ1n) is 7.67. The van der Waals surface area contributed by atoms with Gasteiger partial charge in [0.15, 0.2) is 0 Å². The molecule has 2 N–H and O–H groups in total. The van der Waals surface area contributed by atoms with Crippen LogP contribution in [0.4, 0.5) is 5.69 Å². The van der Waals surface area contributed by atoms with Crippen molar-refractivity contribution in [2.75, 3.05) is 5.32 Å². The summed E-state index contributed by atoms with van der Waals surface area (Å²) < 4.78 is 0. The van der Waals surface area contributed by atoms with Crippen molar-refractivity contribution in [2.24, 2.45) is 0 Å². The third-order valence-corrected chi connectivity index (χ3v) is 4.07. The number of carbonyl (C=O) groups is 1. The molecule has 0 fully saturated rings. The summed E-state index contributed by atoms with van der Waals surface area (Å²) in [6, 6.07) is 16.2. The molecule has 0 radical (unpaired) electrons. The highest BCUT2D eigenvalue weighted by molar-refractivity contribution is 6.30. The van der Waals surface area contributed by atoms with E-state index in [9.17, 15) is 4.79 Å². The number of H-pyrrole nitrogens is 1. The molecular formula is C19H13ClN4O. The largest absolute Gasteiger partial charge is 0.338 e. The molecule has 2 heterocycles. The number of carbonyl (C=O) groups excluding carboxylic acids is 1. The summed E-state index contributed by atoms with van der Waals surface area (Å²) in [5.41, 5.74) is 3.52. The Morgan fingerprint density at radius 3 is 2.52 bits per heavy atom. The van der Waals surface area contributed by atoms with Gasteiger partial charge in [-0.2, -0.15) is 0 Å². The van der Waals surface area contributed by atoms with Crippen LogP contribution >= 0.6 is 11.6 Å². The summed E-state index contributed by atoms with van der Waals surface area (Å²) in [7, 11) is 0. The molecule has 1 amide bonds. The van der Waals surface area contributed by atoms with Gasteiger partial charge in [0.05, 0.1) is 11.1 Å². The van der Waals surface area contributed by atoms with Gasteiger partial charge < -0.3 is 10.3 Å². The lowest BCUT2D eigenvalue weighted by Crippen LogP contribution is -2.12. The fourth-order valence-electron chi connectivity index (χ4n) is 2.59. The fraction of sp³-hybridized carbons (Fsp3) is 0. The fourth-order valence-corrected chi connectivity index (χ4v) is 2.72. The molecule has 0 saturated carbocycles. The molecule has 0 aliphatic rings. The van der Waals surface area contributed by atoms with Crippen molar-refractivity contribution in [3.05, 3.63) is 77.6 Å². The minimum Gasteiger partial charge on any atom is -0.338 e. The van der Waals surface area contributed by atoms with Gasteiger partial charge in [0, 0.05) is 28.7 Å². The number of anilines is 1. The Balaban J connectivity index is 1.70. The van der Waals surface area contributed by atoms with Crippen LogP contribution in [0.15, 0.2) is 67.0 Å². The number of nitrogens with one attached hydrogen (secondary N) is 2. The summed E-state index contributed by atoms with van der Waals surface area (Å²) in [6.45, 7) is 0. The van der Waals surface area contributed by atoms with Gasteiger partial charge in [0.2, 0.25) is 0 Å². The Hall–Kier alpha value is -3.18. The van der Waals surface area contributed by atoms with Gasteiger partial charge in [0.25, 0.3) is 5.91 Å². The molecule has 0 bridgehead atoms. The Bertz CT molecular complexity index is 1040. The van der Waals surface area contributed by atoms with Gasteiger partial charge in [-0.1, -0.05) is 17.7 Å². The van der Waals surface area contributed by atoms with E-state index in [4.69, 9.17) is 11.6 Å². The predicted molar refractivity (Wildman–Crippen MR) is 98.7 cm³/mol. The number of halogens is 1. The maximum Gasteiger partial charge on any atom is 0.257 e. The van der Waals surface area contributed by atoms with Crippen molar-refractivity contribution in [1.82, 2.24) is 15.0 Å². The molecule has 5 nitrogen and oxygen atoms in total. The quantitative estimate of drug-likeness (QED) is 0.571. The highest BCUT2D eigenvalue weighted by Gasteiger charge is 2.14. The summed E-state index contributed by atoms with van der Waals surface area (Å²) in [5, 5.41) is 3.48. The zero-order valence-electron chi connectivity index (χ0n) is 13.0. The van der Waals surface area contributed by atoms with E-state index in [2.05, 4.69) is 20.3 Å². The third kappa shape index (κ3) is 3.09. The van der Waals surface area contributed by atoms with Crippen LogP contribution in [0, 0.1) is 0 Å². The normalized spacial score (nSPS) is 10.8. The highest BCUT2D eigenvalue weighted by atomic mass is 35.5. The molecule has 2 aromatic carbocycles.